The van der Waals surface area contributed by atoms with Gasteiger partial charge in [0.2, 0.25) is 5.91 Å². The predicted molar refractivity (Wildman–Crippen MR) is 111 cm³/mol. The summed E-state index contributed by atoms with van der Waals surface area (Å²) in [5.41, 5.74) is 1.61. The fourth-order valence-corrected chi connectivity index (χ4v) is 3.52. The second-order valence-corrected chi connectivity index (χ2v) is 7.24. The molecule has 3 aromatic rings. The zero-order valence-corrected chi connectivity index (χ0v) is 16.6. The Morgan fingerprint density at radius 3 is 2.70 bits per heavy atom. The second-order valence-electron chi connectivity index (χ2n) is 7.24. The highest BCUT2D eigenvalue weighted by atomic mass is 16.2. The predicted octanol–water partition coefficient (Wildman–Crippen LogP) is 1.17. The van der Waals surface area contributed by atoms with Crippen molar-refractivity contribution >= 4 is 22.6 Å². The number of anilines is 1. The number of pyridine rings is 2. The highest BCUT2D eigenvalue weighted by Gasteiger charge is 2.22. The van der Waals surface area contributed by atoms with Crippen molar-refractivity contribution in [3.05, 3.63) is 58.0 Å². The van der Waals surface area contributed by atoms with Gasteiger partial charge in [-0.1, -0.05) is 0 Å². The molecule has 1 aliphatic rings. The highest BCUT2D eigenvalue weighted by Crippen LogP contribution is 2.15. The van der Waals surface area contributed by atoms with Gasteiger partial charge < -0.3 is 14.8 Å². The van der Waals surface area contributed by atoms with Gasteiger partial charge in [0.05, 0.1) is 22.7 Å². The summed E-state index contributed by atoms with van der Waals surface area (Å²) in [6, 6.07) is 7.34. The summed E-state index contributed by atoms with van der Waals surface area (Å²) in [6.07, 6.45) is 3.79. The Kier molecular flexibility index (Phi) is 5.39. The molecule has 1 fully saturated rings. The fourth-order valence-electron chi connectivity index (χ4n) is 3.52. The van der Waals surface area contributed by atoms with Crippen LogP contribution in [0.5, 0.6) is 0 Å². The molecular formula is C21H21N7O2. The number of H-pyrrole nitrogens is 1. The maximum atomic E-state index is 12.6. The Morgan fingerprint density at radius 1 is 1.20 bits per heavy atom. The van der Waals surface area contributed by atoms with Crippen LogP contribution in [0.1, 0.15) is 23.5 Å². The summed E-state index contributed by atoms with van der Waals surface area (Å²) in [5, 5.41) is 9.38. The smallest absolute Gasteiger partial charge is 0.258 e. The number of aromatic amines is 1. The minimum absolute atomic E-state index is 0.0345. The van der Waals surface area contributed by atoms with Crippen molar-refractivity contribution in [1.29, 1.82) is 5.26 Å². The molecule has 30 heavy (non-hydrogen) atoms. The summed E-state index contributed by atoms with van der Waals surface area (Å²) >= 11 is 0. The number of fused-ring (bicyclic) bond motifs is 1. The number of carbonyl (C=O) groups is 1. The average Bonchev–Trinajstić information content (AvgIpc) is 2.78. The van der Waals surface area contributed by atoms with Crippen molar-refractivity contribution in [2.24, 2.45) is 0 Å². The Balaban J connectivity index is 1.34. The third-order valence-electron chi connectivity index (χ3n) is 5.19. The molecule has 3 aromatic heterocycles. The number of carbonyl (C=O) groups excluding carboxylic acids is 1. The molecule has 9 nitrogen and oxygen atoms in total. The number of amides is 1. The number of nitrogens with zero attached hydrogens (tertiary/aromatic N) is 6. The minimum atomic E-state index is -0.212. The molecule has 152 valence electrons. The van der Waals surface area contributed by atoms with Crippen LogP contribution in [0.2, 0.25) is 0 Å². The van der Waals surface area contributed by atoms with Crippen LogP contribution in [-0.4, -0.2) is 56.9 Å². The minimum Gasteiger partial charge on any atom is -0.353 e. The van der Waals surface area contributed by atoms with Crippen molar-refractivity contribution in [3.63, 3.8) is 0 Å². The fraction of sp³-hybridized carbons (Fsp3) is 0.333. The number of piperazine rings is 1. The van der Waals surface area contributed by atoms with E-state index in [1.807, 2.05) is 17.9 Å². The van der Waals surface area contributed by atoms with Gasteiger partial charge >= 0.3 is 0 Å². The molecule has 1 aliphatic heterocycles. The number of nitriles is 1. The van der Waals surface area contributed by atoms with Crippen LogP contribution in [-0.2, 0) is 11.2 Å². The van der Waals surface area contributed by atoms with Crippen LogP contribution in [0.3, 0.4) is 0 Å². The molecule has 0 aromatic carbocycles. The molecule has 9 heteroatoms. The van der Waals surface area contributed by atoms with Crippen LogP contribution in [0.25, 0.3) is 10.9 Å². The van der Waals surface area contributed by atoms with Crippen LogP contribution in [0.15, 0.2) is 35.4 Å². The van der Waals surface area contributed by atoms with E-state index >= 15 is 0 Å². The first-order chi connectivity index (χ1) is 14.5. The third kappa shape index (κ3) is 4.12. The number of nitrogens with one attached hydrogen (secondary N) is 1. The van der Waals surface area contributed by atoms with Gasteiger partial charge in [0.1, 0.15) is 17.7 Å². The molecule has 0 bridgehead atoms. The summed E-state index contributed by atoms with van der Waals surface area (Å²) in [4.78, 5) is 44.5. The Morgan fingerprint density at radius 2 is 2.00 bits per heavy atom. The number of aromatic nitrogens is 4. The second kappa shape index (κ2) is 8.29. The molecule has 1 N–H and O–H groups in total. The van der Waals surface area contributed by atoms with E-state index in [9.17, 15) is 9.59 Å². The largest absolute Gasteiger partial charge is 0.353 e. The number of aryl methyl sites for hydroxylation is 2. The molecular weight excluding hydrogens is 382 g/mol. The van der Waals surface area contributed by atoms with Crippen molar-refractivity contribution in [3.8, 4) is 6.07 Å². The van der Waals surface area contributed by atoms with Gasteiger partial charge in [0.25, 0.3) is 5.56 Å². The van der Waals surface area contributed by atoms with Gasteiger partial charge in [-0.25, -0.2) is 9.97 Å². The highest BCUT2D eigenvalue weighted by molar-refractivity contribution is 5.78. The normalized spacial score (nSPS) is 14.0. The van der Waals surface area contributed by atoms with Crippen LogP contribution in [0, 0.1) is 18.3 Å². The van der Waals surface area contributed by atoms with Crippen molar-refractivity contribution in [2.45, 2.75) is 19.8 Å². The van der Waals surface area contributed by atoms with Crippen molar-refractivity contribution in [1.82, 2.24) is 24.8 Å². The van der Waals surface area contributed by atoms with Crippen LogP contribution >= 0.6 is 0 Å². The van der Waals surface area contributed by atoms with E-state index in [0.29, 0.717) is 54.9 Å². The quantitative estimate of drug-likeness (QED) is 0.694. The van der Waals surface area contributed by atoms with E-state index in [4.69, 9.17) is 5.26 Å². The Hall–Kier alpha value is -3.80. The molecule has 0 aliphatic carbocycles. The number of hydrogen-bond acceptors (Lipinski definition) is 7. The van der Waals surface area contributed by atoms with E-state index in [1.165, 1.54) is 0 Å². The SMILES string of the molecule is Cc1cc2c(=O)[nH]c(CCC(=O)N3CCN(c4ccc(C#N)cn4)CC3)nc2cn1. The topological polar surface area (TPSA) is 119 Å². The van der Waals surface area contributed by atoms with Gasteiger partial charge in [-0.15, -0.1) is 0 Å². The van der Waals surface area contributed by atoms with E-state index in [0.717, 1.165) is 11.5 Å². The molecule has 0 spiro atoms. The van der Waals surface area contributed by atoms with Crippen LogP contribution < -0.4 is 10.5 Å². The summed E-state index contributed by atoms with van der Waals surface area (Å²) in [7, 11) is 0. The first-order valence-corrected chi connectivity index (χ1v) is 9.78. The standard InChI is InChI=1S/C21H21N7O2/c1-14-10-16-17(13-23-14)25-18(26-21(16)30)3-5-20(29)28-8-6-27(7-9-28)19-4-2-15(11-22)12-24-19/h2,4,10,12-13H,3,5-9H2,1H3,(H,25,26,30). The molecule has 0 atom stereocenters. The zero-order chi connectivity index (χ0) is 21.1. The summed E-state index contributed by atoms with van der Waals surface area (Å²) in [6.45, 7) is 4.39. The third-order valence-corrected chi connectivity index (χ3v) is 5.19. The average molecular weight is 403 g/mol. The summed E-state index contributed by atoms with van der Waals surface area (Å²) in [5.74, 6) is 1.34. The Bertz CT molecular complexity index is 1170. The first-order valence-electron chi connectivity index (χ1n) is 9.78. The maximum Gasteiger partial charge on any atom is 0.258 e. The van der Waals surface area contributed by atoms with Crippen molar-refractivity contribution < 1.29 is 4.79 Å². The maximum absolute atomic E-state index is 12.6. The van der Waals surface area contributed by atoms with Crippen LogP contribution in [0.4, 0.5) is 5.82 Å². The lowest BCUT2D eigenvalue weighted by Gasteiger charge is -2.35. The van der Waals surface area contributed by atoms with E-state index in [-0.39, 0.29) is 17.9 Å². The van der Waals surface area contributed by atoms with E-state index in [1.54, 1.807) is 24.5 Å². The molecule has 0 saturated carbocycles. The van der Waals surface area contributed by atoms with E-state index < -0.39 is 0 Å². The Labute approximate surface area is 173 Å². The van der Waals surface area contributed by atoms with E-state index in [2.05, 4.69) is 30.9 Å². The molecule has 0 unspecified atom stereocenters. The van der Waals surface area contributed by atoms with Gasteiger partial charge in [0, 0.05) is 50.9 Å². The van der Waals surface area contributed by atoms with Gasteiger partial charge in [0.15, 0.2) is 0 Å². The van der Waals surface area contributed by atoms with Crippen molar-refractivity contribution in [2.75, 3.05) is 31.1 Å². The lowest BCUT2D eigenvalue weighted by molar-refractivity contribution is -0.131. The molecule has 4 heterocycles. The summed E-state index contributed by atoms with van der Waals surface area (Å²) < 4.78 is 0. The van der Waals surface area contributed by atoms with Gasteiger partial charge in [-0.2, -0.15) is 5.26 Å². The van der Waals surface area contributed by atoms with Gasteiger partial charge in [-0.05, 0) is 25.1 Å². The monoisotopic (exact) mass is 403 g/mol. The zero-order valence-electron chi connectivity index (χ0n) is 16.6. The molecule has 0 radical (unpaired) electrons. The number of rotatable bonds is 4. The molecule has 4 rings (SSSR count). The number of hydrogen-bond donors (Lipinski definition) is 1. The van der Waals surface area contributed by atoms with Gasteiger partial charge in [-0.3, -0.25) is 14.6 Å². The first kappa shape index (κ1) is 19.5. The molecule has 1 saturated heterocycles. The lowest BCUT2D eigenvalue weighted by Crippen LogP contribution is -2.49. The lowest BCUT2D eigenvalue weighted by atomic mass is 10.2. The molecule has 1 amide bonds.